The number of amides is 3. The van der Waals surface area contributed by atoms with Crippen LogP contribution in [0.3, 0.4) is 0 Å². The van der Waals surface area contributed by atoms with Gasteiger partial charge < -0.3 is 53.8 Å². The molecule has 3 aromatic carbocycles. The number of hydrogen-bond acceptors (Lipinski definition) is 12. The van der Waals surface area contributed by atoms with Gasteiger partial charge in [0.2, 0.25) is 24.0 Å². The van der Waals surface area contributed by atoms with Gasteiger partial charge in [-0.2, -0.15) is 0 Å². The lowest BCUT2D eigenvalue weighted by Gasteiger charge is -2.42. The molecule has 15 heteroatoms. The fourth-order valence-electron chi connectivity index (χ4n) is 7.26. The van der Waals surface area contributed by atoms with E-state index in [9.17, 15) is 24.3 Å². The highest BCUT2D eigenvalue weighted by atomic mass is 16.7. The average molecular weight is 886 g/mol. The molecule has 346 valence electrons. The lowest BCUT2D eigenvalue weighted by molar-refractivity contribution is -0.243. The topological polar surface area (TPSA) is 180 Å². The zero-order valence-electron chi connectivity index (χ0n) is 37.4. The summed E-state index contributed by atoms with van der Waals surface area (Å²) in [6.07, 6.45) is 0.396. The number of aliphatic hydroxyl groups is 1. The molecule has 2 heterocycles. The Morgan fingerprint density at radius 3 is 2.11 bits per heavy atom. The number of nitrogens with zero attached hydrogens (tertiary/aromatic N) is 1. The Morgan fingerprint density at radius 2 is 1.39 bits per heavy atom. The minimum Gasteiger partial charge on any atom is -0.460 e. The van der Waals surface area contributed by atoms with Crippen molar-refractivity contribution in [2.24, 2.45) is 11.8 Å². The Labute approximate surface area is 376 Å². The van der Waals surface area contributed by atoms with E-state index in [1.807, 2.05) is 69.3 Å². The molecular formula is C49H63N3O12. The van der Waals surface area contributed by atoms with Crippen molar-refractivity contribution in [1.82, 2.24) is 5.32 Å². The van der Waals surface area contributed by atoms with Gasteiger partial charge in [-0.3, -0.25) is 19.2 Å². The fraction of sp³-hybridized carbons (Fsp3) is 0.510. The number of unbranched alkanes of at least 4 members (excludes halogenated alkanes) is 1. The van der Waals surface area contributed by atoms with Crippen molar-refractivity contribution in [2.45, 2.75) is 91.4 Å². The highest BCUT2D eigenvalue weighted by Gasteiger charge is 2.43. The number of benzene rings is 3. The second kappa shape index (κ2) is 26.4. The highest BCUT2D eigenvalue weighted by molar-refractivity contribution is 5.95. The molecule has 2 aliphatic rings. The van der Waals surface area contributed by atoms with Crippen LogP contribution in [0.15, 0.2) is 66.7 Å². The summed E-state index contributed by atoms with van der Waals surface area (Å²) in [5.41, 5.74) is 4.49. The SMILES string of the molecule is CC(=O)O[C@H]1C(C)[C@H](C)C(C)O[C@H]1Oc1ccc(NC(=O)CCOCCOCCOCCOCCNC(=O)CCCCC(=O)N2Cc3ccccc3C#Cc3ccccc32)cc1CO. The van der Waals surface area contributed by atoms with E-state index in [1.165, 1.54) is 6.92 Å². The van der Waals surface area contributed by atoms with Crippen LogP contribution in [0.1, 0.15) is 82.1 Å². The number of rotatable bonds is 25. The van der Waals surface area contributed by atoms with Gasteiger partial charge in [0.25, 0.3) is 0 Å². The number of nitrogens with one attached hydrogen (secondary N) is 2. The second-order valence-electron chi connectivity index (χ2n) is 15.8. The predicted octanol–water partition coefficient (Wildman–Crippen LogP) is 5.52. The monoisotopic (exact) mass is 885 g/mol. The van der Waals surface area contributed by atoms with Gasteiger partial charge in [0.1, 0.15) is 5.75 Å². The van der Waals surface area contributed by atoms with Crippen LogP contribution in [0.4, 0.5) is 11.4 Å². The smallest absolute Gasteiger partial charge is 0.303 e. The van der Waals surface area contributed by atoms with Crippen LogP contribution in [-0.4, -0.2) is 107 Å². The van der Waals surface area contributed by atoms with Crippen molar-refractivity contribution in [3.8, 4) is 17.6 Å². The van der Waals surface area contributed by atoms with Crippen molar-refractivity contribution in [2.75, 3.05) is 69.6 Å². The number of para-hydroxylation sites is 1. The Balaban J connectivity index is 0.834. The highest BCUT2D eigenvalue weighted by Crippen LogP contribution is 2.35. The van der Waals surface area contributed by atoms with Crippen molar-refractivity contribution in [1.29, 1.82) is 0 Å². The molecule has 3 amide bonds. The number of carbonyl (C=O) groups is 4. The van der Waals surface area contributed by atoms with E-state index in [2.05, 4.69) is 22.5 Å². The van der Waals surface area contributed by atoms with E-state index in [4.69, 9.17) is 33.2 Å². The lowest BCUT2D eigenvalue weighted by Crippen LogP contribution is -2.52. The molecule has 1 saturated heterocycles. The van der Waals surface area contributed by atoms with Gasteiger partial charge in [0, 0.05) is 54.6 Å². The predicted molar refractivity (Wildman–Crippen MR) is 239 cm³/mol. The van der Waals surface area contributed by atoms with Gasteiger partial charge in [0.05, 0.1) is 84.2 Å². The van der Waals surface area contributed by atoms with Crippen molar-refractivity contribution in [3.63, 3.8) is 0 Å². The fourth-order valence-corrected chi connectivity index (χ4v) is 7.26. The van der Waals surface area contributed by atoms with E-state index in [-0.39, 0.29) is 55.3 Å². The van der Waals surface area contributed by atoms with Crippen molar-refractivity contribution < 1.29 is 57.4 Å². The largest absolute Gasteiger partial charge is 0.460 e. The molecule has 2 aliphatic heterocycles. The van der Waals surface area contributed by atoms with E-state index in [0.29, 0.717) is 102 Å². The summed E-state index contributed by atoms with van der Waals surface area (Å²) >= 11 is 0. The van der Waals surface area contributed by atoms with Crippen LogP contribution < -0.4 is 20.3 Å². The first kappa shape index (κ1) is 49.7. The zero-order valence-corrected chi connectivity index (χ0v) is 37.4. The minimum atomic E-state index is -0.852. The van der Waals surface area contributed by atoms with Crippen molar-refractivity contribution in [3.05, 3.63) is 89.0 Å². The van der Waals surface area contributed by atoms with Gasteiger partial charge in [-0.05, 0) is 67.6 Å². The van der Waals surface area contributed by atoms with Crippen LogP contribution in [-0.2, 0) is 60.8 Å². The summed E-state index contributed by atoms with van der Waals surface area (Å²) in [6.45, 7) is 10.6. The molecule has 1 fully saturated rings. The van der Waals surface area contributed by atoms with E-state index in [0.717, 1.165) is 22.4 Å². The Bertz CT molecular complexity index is 2050. The number of hydrogen-bond donors (Lipinski definition) is 3. The number of ether oxygens (including phenoxy) is 7. The summed E-state index contributed by atoms with van der Waals surface area (Å²) in [6, 6.07) is 20.5. The second-order valence-corrected chi connectivity index (χ2v) is 15.8. The Hall–Kier alpha value is -5.34. The molecular weight excluding hydrogens is 823 g/mol. The maximum absolute atomic E-state index is 13.4. The molecule has 0 aromatic heterocycles. The van der Waals surface area contributed by atoms with Crippen LogP contribution in [0.2, 0.25) is 0 Å². The maximum Gasteiger partial charge on any atom is 0.303 e. The lowest BCUT2D eigenvalue weighted by atomic mass is 9.84. The summed E-state index contributed by atoms with van der Waals surface area (Å²) < 4.78 is 39.8. The summed E-state index contributed by atoms with van der Waals surface area (Å²) in [5.74, 6) is 6.19. The first-order valence-electron chi connectivity index (χ1n) is 22.1. The number of aliphatic hydroxyl groups excluding tert-OH is 1. The molecule has 0 radical (unpaired) electrons. The molecule has 0 spiro atoms. The van der Waals surface area contributed by atoms with Gasteiger partial charge in [-0.1, -0.05) is 56.0 Å². The number of fused-ring (bicyclic) bond motifs is 2. The third kappa shape index (κ3) is 15.7. The first-order chi connectivity index (χ1) is 31.0. The molecule has 64 heavy (non-hydrogen) atoms. The zero-order chi connectivity index (χ0) is 45.7. The molecule has 5 rings (SSSR count). The van der Waals surface area contributed by atoms with Gasteiger partial charge in [0.15, 0.2) is 6.10 Å². The summed E-state index contributed by atoms with van der Waals surface area (Å²) in [4.78, 5) is 51.8. The van der Waals surface area contributed by atoms with Gasteiger partial charge in [-0.25, -0.2) is 0 Å². The van der Waals surface area contributed by atoms with Crippen LogP contribution in [0.5, 0.6) is 5.75 Å². The molecule has 2 unspecified atom stereocenters. The summed E-state index contributed by atoms with van der Waals surface area (Å²) in [7, 11) is 0. The third-order valence-corrected chi connectivity index (χ3v) is 11.1. The van der Waals surface area contributed by atoms with Gasteiger partial charge in [-0.15, -0.1) is 0 Å². The molecule has 3 N–H and O–H groups in total. The average Bonchev–Trinajstić information content (AvgIpc) is 3.28. The Kier molecular flexibility index (Phi) is 20.5. The number of anilines is 2. The minimum absolute atomic E-state index is 0.00812. The quantitative estimate of drug-likeness (QED) is 0.0552. The van der Waals surface area contributed by atoms with E-state index < -0.39 is 18.4 Å². The van der Waals surface area contributed by atoms with Gasteiger partial charge >= 0.3 is 5.97 Å². The standard InChI is InChI=1S/C49H63N3O12/c1-34-35(2)48(63-37(4)54)49(62-36(34)3)64-44-20-19-42(31-41(44)33-53)51-46(56)21-23-58-25-27-60-29-30-61-28-26-59-24-22-50-45(55)15-9-10-16-47(57)52-32-40-13-6-5-11-38(40)17-18-39-12-7-8-14-43(39)52/h5-8,11-14,19-20,31,34-36,48-49,53H,9-10,15-16,21-30,32-33H2,1-4H3,(H,50,55)(H,51,56)/t34-,35?,36?,48-,49-/m0/s1. The summed E-state index contributed by atoms with van der Waals surface area (Å²) in [5, 5.41) is 15.7. The van der Waals surface area contributed by atoms with E-state index >= 15 is 0 Å². The molecule has 0 saturated carbocycles. The first-order valence-corrected chi connectivity index (χ1v) is 22.1. The van der Waals surface area contributed by atoms with E-state index in [1.54, 1.807) is 23.1 Å². The molecule has 0 bridgehead atoms. The van der Waals surface area contributed by atoms with Crippen LogP contribution in [0.25, 0.3) is 0 Å². The molecule has 3 aromatic rings. The maximum atomic E-state index is 13.4. The van der Waals surface area contributed by atoms with Crippen molar-refractivity contribution >= 4 is 35.1 Å². The Morgan fingerprint density at radius 1 is 0.750 bits per heavy atom. The number of esters is 1. The van der Waals surface area contributed by atoms with Crippen LogP contribution >= 0.6 is 0 Å². The van der Waals surface area contributed by atoms with Crippen LogP contribution in [0, 0.1) is 23.7 Å². The third-order valence-electron chi connectivity index (χ3n) is 11.1. The molecule has 5 atom stereocenters. The molecule has 0 aliphatic carbocycles. The normalized spacial score (nSPS) is 18.9. The number of carbonyl (C=O) groups excluding carboxylic acids is 4. The molecule has 15 nitrogen and oxygen atoms in total.